The molecule has 0 amide bonds. The third-order valence-corrected chi connectivity index (χ3v) is 4.48. The number of carbonyl (C=O) groups excluding carboxylic acids is 1. The molecule has 0 aliphatic heterocycles. The monoisotopic (exact) mass is 218 g/mol. The first-order valence-electron chi connectivity index (χ1n) is 5.25. The van der Waals surface area contributed by atoms with E-state index >= 15 is 0 Å². The minimum absolute atomic E-state index is 0.164. The Kier molecular flexibility index (Phi) is 4.11. The van der Waals surface area contributed by atoms with E-state index in [1.54, 1.807) is 6.92 Å². The second-order valence-corrected chi connectivity index (χ2v) is 6.21. The summed E-state index contributed by atoms with van der Waals surface area (Å²) in [5.41, 5.74) is 0. The van der Waals surface area contributed by atoms with E-state index in [0.717, 1.165) is 25.7 Å². The standard InChI is InChI=1S/C10H18O3S/c1-2-10(11)8-14(12,13)7-9-5-3-4-6-9/h9H,2-8H2,1H3. The SMILES string of the molecule is CCC(=O)CS(=O)(=O)CC1CCCC1. The fourth-order valence-electron chi connectivity index (χ4n) is 1.94. The maximum absolute atomic E-state index is 11.5. The van der Waals surface area contributed by atoms with Crippen molar-refractivity contribution in [3.8, 4) is 0 Å². The highest BCUT2D eigenvalue weighted by Crippen LogP contribution is 2.26. The predicted octanol–water partition coefficient (Wildman–Crippen LogP) is 1.57. The molecule has 0 heterocycles. The van der Waals surface area contributed by atoms with Gasteiger partial charge >= 0.3 is 0 Å². The Labute approximate surface area is 85.8 Å². The van der Waals surface area contributed by atoms with E-state index in [1.807, 2.05) is 0 Å². The lowest BCUT2D eigenvalue weighted by molar-refractivity contribution is -0.116. The predicted molar refractivity (Wildman–Crippen MR) is 55.9 cm³/mol. The minimum atomic E-state index is -3.13. The van der Waals surface area contributed by atoms with Crippen molar-refractivity contribution in [3.63, 3.8) is 0 Å². The van der Waals surface area contributed by atoms with Gasteiger partial charge in [-0.1, -0.05) is 19.8 Å². The van der Waals surface area contributed by atoms with Gasteiger partial charge in [0.05, 0.1) is 5.75 Å². The normalized spacial score (nSPS) is 18.6. The molecular formula is C10H18O3S. The molecular weight excluding hydrogens is 200 g/mol. The van der Waals surface area contributed by atoms with Gasteiger partial charge in [0, 0.05) is 6.42 Å². The molecule has 0 radical (unpaired) electrons. The zero-order valence-corrected chi connectivity index (χ0v) is 9.48. The van der Waals surface area contributed by atoms with E-state index in [4.69, 9.17) is 0 Å². The van der Waals surface area contributed by atoms with Gasteiger partial charge in [-0.25, -0.2) is 8.42 Å². The van der Waals surface area contributed by atoms with Crippen LogP contribution in [-0.2, 0) is 14.6 Å². The van der Waals surface area contributed by atoms with Crippen LogP contribution >= 0.6 is 0 Å². The molecule has 1 aliphatic rings. The van der Waals surface area contributed by atoms with Crippen molar-refractivity contribution in [2.24, 2.45) is 5.92 Å². The molecule has 0 aromatic heterocycles. The van der Waals surface area contributed by atoms with Gasteiger partial charge in [-0.2, -0.15) is 0 Å². The number of carbonyl (C=O) groups is 1. The Morgan fingerprint density at radius 1 is 1.29 bits per heavy atom. The summed E-state index contributed by atoms with van der Waals surface area (Å²) in [6.45, 7) is 1.70. The largest absolute Gasteiger partial charge is 0.299 e. The Balaban J connectivity index is 2.44. The van der Waals surface area contributed by atoms with Crippen LogP contribution < -0.4 is 0 Å². The van der Waals surface area contributed by atoms with E-state index in [2.05, 4.69) is 0 Å². The topological polar surface area (TPSA) is 51.2 Å². The van der Waals surface area contributed by atoms with E-state index in [0.29, 0.717) is 12.3 Å². The van der Waals surface area contributed by atoms with Crippen molar-refractivity contribution in [3.05, 3.63) is 0 Å². The molecule has 1 rings (SSSR count). The van der Waals surface area contributed by atoms with Crippen LogP contribution in [0.15, 0.2) is 0 Å². The summed E-state index contributed by atoms with van der Waals surface area (Å²) in [5, 5.41) is 0. The molecule has 0 unspecified atom stereocenters. The third kappa shape index (κ3) is 3.78. The van der Waals surface area contributed by atoms with Crippen LogP contribution in [0.2, 0.25) is 0 Å². The first kappa shape index (κ1) is 11.7. The van der Waals surface area contributed by atoms with Crippen molar-refractivity contribution >= 4 is 15.6 Å². The summed E-state index contributed by atoms with van der Waals surface area (Å²) < 4.78 is 23.1. The van der Waals surface area contributed by atoms with Crippen LogP contribution in [0.5, 0.6) is 0 Å². The summed E-state index contributed by atoms with van der Waals surface area (Å²) >= 11 is 0. The summed E-state index contributed by atoms with van der Waals surface area (Å²) in [6, 6.07) is 0. The van der Waals surface area contributed by atoms with E-state index < -0.39 is 9.84 Å². The number of rotatable bonds is 5. The van der Waals surface area contributed by atoms with Gasteiger partial charge in [0.2, 0.25) is 0 Å². The first-order valence-corrected chi connectivity index (χ1v) is 7.08. The van der Waals surface area contributed by atoms with Crippen LogP contribution in [0.1, 0.15) is 39.0 Å². The van der Waals surface area contributed by atoms with Crippen molar-refractivity contribution in [1.29, 1.82) is 0 Å². The number of Topliss-reactive ketones (excluding diaryl/α,β-unsaturated/α-hetero) is 1. The molecule has 4 heteroatoms. The maximum atomic E-state index is 11.5. The lowest BCUT2D eigenvalue weighted by Gasteiger charge is -2.08. The quantitative estimate of drug-likeness (QED) is 0.704. The fourth-order valence-corrected chi connectivity index (χ4v) is 3.81. The second-order valence-electron chi connectivity index (χ2n) is 4.10. The summed E-state index contributed by atoms with van der Waals surface area (Å²) in [5.74, 6) is 0.117. The summed E-state index contributed by atoms with van der Waals surface area (Å²) in [7, 11) is -3.13. The summed E-state index contributed by atoms with van der Waals surface area (Å²) in [4.78, 5) is 11.0. The van der Waals surface area contributed by atoms with Crippen LogP contribution in [0.25, 0.3) is 0 Å². The maximum Gasteiger partial charge on any atom is 0.157 e. The molecule has 0 bridgehead atoms. The van der Waals surface area contributed by atoms with Gasteiger partial charge in [0.15, 0.2) is 9.84 Å². The average Bonchev–Trinajstić information content (AvgIpc) is 2.54. The lowest BCUT2D eigenvalue weighted by Crippen LogP contribution is -2.22. The molecule has 0 atom stereocenters. The molecule has 0 saturated heterocycles. The molecule has 3 nitrogen and oxygen atoms in total. The third-order valence-electron chi connectivity index (χ3n) is 2.74. The Hall–Kier alpha value is -0.380. The van der Waals surface area contributed by atoms with Crippen molar-refractivity contribution in [2.45, 2.75) is 39.0 Å². The van der Waals surface area contributed by atoms with Crippen molar-refractivity contribution < 1.29 is 13.2 Å². The Morgan fingerprint density at radius 2 is 1.86 bits per heavy atom. The highest BCUT2D eigenvalue weighted by Gasteiger charge is 2.23. The smallest absolute Gasteiger partial charge is 0.157 e. The lowest BCUT2D eigenvalue weighted by atomic mass is 10.1. The van der Waals surface area contributed by atoms with Crippen molar-refractivity contribution in [1.82, 2.24) is 0 Å². The van der Waals surface area contributed by atoms with E-state index in [9.17, 15) is 13.2 Å². The molecule has 82 valence electrons. The zero-order valence-electron chi connectivity index (χ0n) is 8.66. The van der Waals surface area contributed by atoms with Crippen molar-refractivity contribution in [2.75, 3.05) is 11.5 Å². The molecule has 0 aromatic rings. The minimum Gasteiger partial charge on any atom is -0.299 e. The van der Waals surface area contributed by atoms with Crippen LogP contribution in [0.4, 0.5) is 0 Å². The number of sulfone groups is 1. The molecule has 14 heavy (non-hydrogen) atoms. The van der Waals surface area contributed by atoms with Crippen LogP contribution in [0.3, 0.4) is 0 Å². The summed E-state index contributed by atoms with van der Waals surface area (Å²) in [6.07, 6.45) is 4.63. The fraction of sp³-hybridized carbons (Fsp3) is 0.900. The molecule has 1 saturated carbocycles. The molecule has 0 spiro atoms. The van der Waals surface area contributed by atoms with Gasteiger partial charge in [-0.15, -0.1) is 0 Å². The number of ketones is 1. The molecule has 1 fully saturated rings. The number of hydrogen-bond acceptors (Lipinski definition) is 3. The van der Waals surface area contributed by atoms with E-state index in [1.165, 1.54) is 0 Å². The molecule has 0 N–H and O–H groups in total. The van der Waals surface area contributed by atoms with Crippen LogP contribution in [0, 0.1) is 5.92 Å². The van der Waals surface area contributed by atoms with Gasteiger partial charge in [-0.3, -0.25) is 4.79 Å². The van der Waals surface area contributed by atoms with Gasteiger partial charge in [0.25, 0.3) is 0 Å². The van der Waals surface area contributed by atoms with Gasteiger partial charge < -0.3 is 0 Å². The zero-order chi connectivity index (χ0) is 10.6. The second kappa shape index (κ2) is 4.91. The molecule has 1 aliphatic carbocycles. The van der Waals surface area contributed by atoms with Crippen LogP contribution in [-0.4, -0.2) is 25.7 Å². The first-order chi connectivity index (χ1) is 6.53. The highest BCUT2D eigenvalue weighted by molar-refractivity contribution is 7.92. The number of hydrogen-bond donors (Lipinski definition) is 0. The van der Waals surface area contributed by atoms with Gasteiger partial charge in [0.1, 0.15) is 11.5 Å². The molecule has 0 aromatic carbocycles. The van der Waals surface area contributed by atoms with E-state index in [-0.39, 0.29) is 17.3 Å². The average molecular weight is 218 g/mol. The van der Waals surface area contributed by atoms with Gasteiger partial charge in [-0.05, 0) is 18.8 Å². The highest BCUT2D eigenvalue weighted by atomic mass is 32.2. The Morgan fingerprint density at radius 3 is 2.36 bits per heavy atom. The Bertz CT molecular complexity index is 286.